The first-order valence-corrected chi connectivity index (χ1v) is 12.8. The van der Waals surface area contributed by atoms with Crippen LogP contribution in [0.15, 0.2) is 36.4 Å². The fourth-order valence-electron chi connectivity index (χ4n) is 5.20. The van der Waals surface area contributed by atoms with Crippen molar-refractivity contribution in [1.29, 1.82) is 0 Å². The highest BCUT2D eigenvalue weighted by molar-refractivity contribution is 7.89. The number of allylic oxidation sites excluding steroid dienone is 4. The predicted molar refractivity (Wildman–Crippen MR) is 119 cm³/mol. The van der Waals surface area contributed by atoms with Crippen LogP contribution in [0.4, 0.5) is 8.78 Å². The molecule has 0 saturated carbocycles. The molecule has 2 aliphatic heterocycles. The highest BCUT2D eigenvalue weighted by Crippen LogP contribution is 2.37. The third kappa shape index (κ3) is 4.76. The van der Waals surface area contributed by atoms with Crippen LogP contribution in [0.1, 0.15) is 49.7 Å². The molecule has 2 heterocycles. The van der Waals surface area contributed by atoms with Gasteiger partial charge in [0.05, 0.1) is 17.8 Å². The van der Waals surface area contributed by atoms with E-state index in [0.29, 0.717) is 19.3 Å². The summed E-state index contributed by atoms with van der Waals surface area (Å²) in [5.41, 5.74) is -0.107. The van der Waals surface area contributed by atoms with Crippen LogP contribution >= 0.6 is 0 Å². The van der Waals surface area contributed by atoms with Gasteiger partial charge in [-0.15, -0.1) is 0 Å². The van der Waals surface area contributed by atoms with Gasteiger partial charge in [0.25, 0.3) is 0 Å². The van der Waals surface area contributed by atoms with Gasteiger partial charge < -0.3 is 9.84 Å². The van der Waals surface area contributed by atoms with E-state index in [2.05, 4.69) is 0 Å². The van der Waals surface area contributed by atoms with Gasteiger partial charge in [0.2, 0.25) is 10.0 Å². The Bertz CT molecular complexity index is 1070. The molecule has 2 fully saturated rings. The predicted octanol–water partition coefficient (Wildman–Crippen LogP) is 3.98. The summed E-state index contributed by atoms with van der Waals surface area (Å²) in [5, 5.41) is 8.87. The second-order valence-electron chi connectivity index (χ2n) is 9.15. The molecule has 5 atom stereocenters. The summed E-state index contributed by atoms with van der Waals surface area (Å²) in [7, 11) is -3.73. The van der Waals surface area contributed by atoms with Crippen molar-refractivity contribution in [1.82, 2.24) is 4.31 Å². The van der Waals surface area contributed by atoms with Crippen molar-refractivity contribution >= 4 is 16.0 Å². The molecule has 0 bridgehead atoms. The molecule has 6 nitrogen and oxygen atoms in total. The van der Waals surface area contributed by atoms with Gasteiger partial charge in [-0.3, -0.25) is 4.79 Å². The maximum Gasteiger partial charge on any atom is 0.307 e. The van der Waals surface area contributed by atoms with E-state index in [9.17, 15) is 18.3 Å². The second-order valence-corrected chi connectivity index (χ2v) is 11.3. The van der Waals surface area contributed by atoms with Gasteiger partial charge in [0, 0.05) is 30.7 Å². The Hall–Kier alpha value is -2.10. The number of ether oxygens (including phenoxy) is 1. The van der Waals surface area contributed by atoms with Crippen molar-refractivity contribution in [2.24, 2.45) is 11.8 Å². The number of carboxylic acid groups (broad SMARTS) is 1. The topological polar surface area (TPSA) is 83.9 Å². The highest BCUT2D eigenvalue weighted by Gasteiger charge is 2.43. The molecule has 33 heavy (non-hydrogen) atoms. The van der Waals surface area contributed by atoms with Crippen LogP contribution in [0.25, 0.3) is 0 Å². The van der Waals surface area contributed by atoms with E-state index >= 15 is 8.78 Å². The Morgan fingerprint density at radius 2 is 1.97 bits per heavy atom. The van der Waals surface area contributed by atoms with Gasteiger partial charge in [0.15, 0.2) is 0 Å². The Morgan fingerprint density at radius 3 is 2.67 bits per heavy atom. The van der Waals surface area contributed by atoms with Crippen molar-refractivity contribution in [2.75, 3.05) is 13.2 Å². The number of rotatable bonds is 5. The van der Waals surface area contributed by atoms with E-state index in [4.69, 9.17) is 4.74 Å². The third-order valence-corrected chi connectivity index (χ3v) is 9.62. The van der Waals surface area contributed by atoms with E-state index in [1.54, 1.807) is 6.92 Å². The van der Waals surface area contributed by atoms with Gasteiger partial charge in [0.1, 0.15) is 11.6 Å². The standard InChI is InChI=1S/C24H29F2NO5S/c1-15-7-8-23(16-5-3-2-4-6-16)33(30,31)27(15)13-17-11-22(26)19(12-21(17)25)20-14-32-10-9-18(20)24(28)29/h2-5,11-12,15-16,18,20,23H,6-10,13-14H2,1H3,(H,28,29)/t15-,16?,18-,20-,23+/m0/s1. The van der Waals surface area contributed by atoms with E-state index in [-0.39, 0.29) is 49.3 Å². The summed E-state index contributed by atoms with van der Waals surface area (Å²) in [5.74, 6) is -4.36. The first-order chi connectivity index (χ1) is 15.7. The molecular weight excluding hydrogens is 452 g/mol. The minimum atomic E-state index is -3.73. The largest absolute Gasteiger partial charge is 0.481 e. The van der Waals surface area contributed by atoms with Crippen molar-refractivity contribution in [3.8, 4) is 0 Å². The number of carbonyl (C=O) groups is 1. The molecule has 2 saturated heterocycles. The van der Waals surface area contributed by atoms with E-state index in [0.717, 1.165) is 12.1 Å². The van der Waals surface area contributed by atoms with Crippen molar-refractivity contribution in [3.05, 3.63) is 59.2 Å². The van der Waals surface area contributed by atoms with Gasteiger partial charge in [-0.2, -0.15) is 4.31 Å². The number of benzene rings is 1. The van der Waals surface area contributed by atoms with Crippen LogP contribution in [-0.4, -0.2) is 48.3 Å². The molecule has 0 amide bonds. The number of hydrogen-bond donors (Lipinski definition) is 1. The van der Waals surface area contributed by atoms with Crippen molar-refractivity contribution < 1.29 is 31.8 Å². The Balaban J connectivity index is 1.60. The maximum absolute atomic E-state index is 15.1. The number of carboxylic acids is 1. The Kier molecular flexibility index (Phi) is 7.02. The zero-order valence-electron chi connectivity index (χ0n) is 18.5. The van der Waals surface area contributed by atoms with Crippen LogP contribution < -0.4 is 0 Å². The molecule has 1 aromatic rings. The zero-order chi connectivity index (χ0) is 23.8. The number of hydrogen-bond acceptors (Lipinski definition) is 4. The first-order valence-electron chi connectivity index (χ1n) is 11.3. The lowest BCUT2D eigenvalue weighted by Gasteiger charge is -2.40. The molecule has 3 aliphatic rings. The van der Waals surface area contributed by atoms with E-state index in [1.807, 2.05) is 24.3 Å². The summed E-state index contributed by atoms with van der Waals surface area (Å²) in [4.78, 5) is 11.6. The number of sulfonamides is 1. The summed E-state index contributed by atoms with van der Waals surface area (Å²) >= 11 is 0. The smallest absolute Gasteiger partial charge is 0.307 e. The summed E-state index contributed by atoms with van der Waals surface area (Å²) in [6.45, 7) is 1.77. The first kappa shape index (κ1) is 24.0. The highest BCUT2D eigenvalue weighted by atomic mass is 32.2. The molecule has 1 aliphatic carbocycles. The molecule has 0 aromatic heterocycles. The Morgan fingerprint density at radius 1 is 1.18 bits per heavy atom. The summed E-state index contributed by atoms with van der Waals surface area (Å²) < 4.78 is 63.6. The average molecular weight is 482 g/mol. The van der Waals surface area contributed by atoms with Gasteiger partial charge >= 0.3 is 5.97 Å². The van der Waals surface area contributed by atoms with E-state index < -0.39 is 44.7 Å². The molecule has 0 radical (unpaired) electrons. The number of halogens is 2. The van der Waals surface area contributed by atoms with Crippen LogP contribution in [0.3, 0.4) is 0 Å². The summed E-state index contributed by atoms with van der Waals surface area (Å²) in [6, 6.07) is 1.68. The molecule has 180 valence electrons. The number of nitrogens with zero attached hydrogens (tertiary/aromatic N) is 1. The molecule has 1 unspecified atom stereocenters. The maximum atomic E-state index is 15.1. The molecule has 9 heteroatoms. The quantitative estimate of drug-likeness (QED) is 0.688. The molecule has 1 N–H and O–H groups in total. The molecule has 0 spiro atoms. The SMILES string of the molecule is C[C@H]1CC[C@H](C2C=CC=CC2)S(=O)(=O)N1Cc1cc(F)c([C@H]2COCC[C@@H]2C(=O)O)cc1F. The fraction of sp³-hybridized carbons (Fsp3) is 0.542. The third-order valence-electron chi connectivity index (χ3n) is 7.13. The average Bonchev–Trinajstić information content (AvgIpc) is 2.79. The number of aliphatic carboxylic acids is 1. The molecular formula is C24H29F2NO5S. The van der Waals surface area contributed by atoms with Crippen molar-refractivity contribution in [3.63, 3.8) is 0 Å². The van der Waals surface area contributed by atoms with Crippen LogP contribution in [0, 0.1) is 23.5 Å². The van der Waals surface area contributed by atoms with Gasteiger partial charge in [-0.05, 0) is 56.2 Å². The lowest BCUT2D eigenvalue weighted by Crippen LogP contribution is -2.50. The fourth-order valence-corrected chi connectivity index (χ4v) is 7.55. The van der Waals surface area contributed by atoms with Gasteiger partial charge in [-0.1, -0.05) is 24.3 Å². The lowest BCUT2D eigenvalue weighted by molar-refractivity contribution is -0.146. The second kappa shape index (κ2) is 9.64. The van der Waals surface area contributed by atoms with Crippen LogP contribution in [-0.2, 0) is 26.1 Å². The van der Waals surface area contributed by atoms with Crippen LogP contribution in [0.5, 0.6) is 0 Å². The lowest BCUT2D eigenvalue weighted by atomic mass is 9.82. The van der Waals surface area contributed by atoms with Crippen LogP contribution in [0.2, 0.25) is 0 Å². The zero-order valence-corrected chi connectivity index (χ0v) is 19.3. The molecule has 4 rings (SSSR count). The van der Waals surface area contributed by atoms with Crippen molar-refractivity contribution in [2.45, 2.75) is 56.4 Å². The monoisotopic (exact) mass is 481 g/mol. The minimum Gasteiger partial charge on any atom is -0.481 e. The molecule has 1 aromatic carbocycles. The Labute approximate surface area is 193 Å². The minimum absolute atomic E-state index is 0.00472. The van der Waals surface area contributed by atoms with Gasteiger partial charge in [-0.25, -0.2) is 17.2 Å². The summed E-state index contributed by atoms with van der Waals surface area (Å²) in [6.07, 6.45) is 9.59. The normalized spacial score (nSPS) is 32.0. The van der Waals surface area contributed by atoms with E-state index in [1.165, 1.54) is 4.31 Å².